The Bertz CT molecular complexity index is 1260. The highest BCUT2D eigenvalue weighted by Crippen LogP contribution is 2.25. The number of rotatable bonds is 2. The summed E-state index contributed by atoms with van der Waals surface area (Å²) >= 11 is 0. The Hall–Kier alpha value is -4.18. The van der Waals surface area contributed by atoms with Crippen molar-refractivity contribution >= 4 is 41.8 Å². The molecule has 0 amide bonds. The topological polar surface area (TPSA) is 177 Å². The Morgan fingerprint density at radius 1 is 0.912 bits per heavy atom. The van der Waals surface area contributed by atoms with E-state index in [1.165, 1.54) is 10.8 Å². The molecule has 9 N–H and O–H groups in total. The van der Waals surface area contributed by atoms with Crippen molar-refractivity contribution in [1.29, 1.82) is 0 Å². The first-order valence-corrected chi connectivity index (χ1v) is 10.1. The highest BCUT2D eigenvalue weighted by Gasteiger charge is 2.22. The lowest BCUT2D eigenvalue weighted by atomic mass is 10.1. The summed E-state index contributed by atoms with van der Waals surface area (Å²) in [6.45, 7) is 5.37. The Labute approximate surface area is 203 Å². The van der Waals surface area contributed by atoms with Gasteiger partial charge < -0.3 is 32.7 Å². The van der Waals surface area contributed by atoms with Crippen LogP contribution in [0.1, 0.15) is 20.8 Å². The third-order valence-electron chi connectivity index (χ3n) is 4.34. The molecule has 0 atom stereocenters. The van der Waals surface area contributed by atoms with Crippen molar-refractivity contribution in [2.45, 2.75) is 26.4 Å². The van der Waals surface area contributed by atoms with Crippen molar-refractivity contribution in [3.63, 3.8) is 0 Å². The van der Waals surface area contributed by atoms with Crippen LogP contribution in [0.5, 0.6) is 0 Å². The number of hydrogen-bond donors (Lipinski definition) is 5. The molecule has 2 aromatic carbocycles. The molecule has 0 radical (unpaired) electrons. The third kappa shape index (κ3) is 6.66. The number of nitrogen functional groups attached to an aromatic ring is 4. The number of ether oxygens (including phenoxy) is 1. The molecule has 0 aliphatic heterocycles. The molecule has 34 heavy (non-hydrogen) atoms. The fourth-order valence-electron chi connectivity index (χ4n) is 2.96. The van der Waals surface area contributed by atoms with Gasteiger partial charge >= 0.3 is 6.09 Å². The van der Waals surface area contributed by atoms with Gasteiger partial charge in [-0.25, -0.2) is 19.3 Å². The van der Waals surface area contributed by atoms with Crippen LogP contribution in [0.3, 0.4) is 0 Å². The summed E-state index contributed by atoms with van der Waals surface area (Å²) in [5, 5.41) is 0. The highest BCUT2D eigenvalue weighted by atomic mass is 35.5. The van der Waals surface area contributed by atoms with E-state index in [2.05, 4.69) is 15.0 Å². The Morgan fingerprint density at radius 3 is 2.03 bits per heavy atom. The summed E-state index contributed by atoms with van der Waals surface area (Å²) in [7, 11) is 0. The molecule has 0 saturated heterocycles. The van der Waals surface area contributed by atoms with Gasteiger partial charge in [-0.3, -0.25) is 0 Å². The van der Waals surface area contributed by atoms with E-state index in [1.54, 1.807) is 45.2 Å². The van der Waals surface area contributed by atoms with E-state index in [1.807, 2.05) is 30.3 Å². The smallest absolute Gasteiger partial charge is 0.421 e. The van der Waals surface area contributed by atoms with Crippen LogP contribution >= 0.6 is 12.4 Å². The predicted molar refractivity (Wildman–Crippen MR) is 138 cm³/mol. The number of aromatic nitrogens is 4. The quantitative estimate of drug-likeness (QED) is 0.263. The molecule has 0 spiro atoms. The SMILES string of the molecule is CC(C)(C)OC(=O)n1c(-c2cccc(N)c2)cnc1N.Cl.Nc1cccc(-c2cnc(N)[nH]2)c1. The number of halogens is 1. The van der Waals surface area contributed by atoms with Gasteiger partial charge in [-0.05, 0) is 45.0 Å². The van der Waals surface area contributed by atoms with Crippen molar-refractivity contribution in [2.24, 2.45) is 0 Å². The van der Waals surface area contributed by atoms with E-state index >= 15 is 0 Å². The van der Waals surface area contributed by atoms with Gasteiger partial charge in [0, 0.05) is 22.5 Å². The molecule has 0 unspecified atom stereocenters. The number of carbonyl (C=O) groups is 1. The van der Waals surface area contributed by atoms with Gasteiger partial charge in [-0.2, -0.15) is 0 Å². The highest BCUT2D eigenvalue weighted by molar-refractivity contribution is 5.85. The molecule has 0 bridgehead atoms. The normalized spacial score (nSPS) is 10.6. The van der Waals surface area contributed by atoms with Crippen molar-refractivity contribution in [1.82, 2.24) is 19.5 Å². The molecule has 180 valence electrons. The van der Waals surface area contributed by atoms with Crippen LogP contribution < -0.4 is 22.9 Å². The average molecular weight is 485 g/mol. The standard InChI is InChI=1S/C14H18N4O2.C9H10N4.ClH/c1-14(2,3)20-13(19)18-11(8-17-12(18)16)9-5-4-6-10(15)7-9;10-7-3-1-2-6(4-7)8-5-12-9(11)13-8;/h4-8H,15H2,1-3H3,(H2,16,17);1-5H,10H2,(H3,11,12,13);1H. The number of hydrogen-bond acceptors (Lipinski definition) is 8. The summed E-state index contributed by atoms with van der Waals surface area (Å²) in [5.41, 5.74) is 26.5. The fourth-order valence-corrected chi connectivity index (χ4v) is 2.96. The van der Waals surface area contributed by atoms with Crippen LogP contribution in [0, 0.1) is 0 Å². The van der Waals surface area contributed by atoms with E-state index < -0.39 is 11.7 Å². The molecule has 4 aromatic rings. The van der Waals surface area contributed by atoms with Crippen molar-refractivity contribution in [3.05, 3.63) is 60.9 Å². The lowest BCUT2D eigenvalue weighted by molar-refractivity contribution is 0.0543. The van der Waals surface area contributed by atoms with Crippen LogP contribution in [0.25, 0.3) is 22.5 Å². The number of anilines is 4. The molecular weight excluding hydrogens is 456 g/mol. The maximum absolute atomic E-state index is 12.2. The predicted octanol–water partition coefficient (Wildman–Crippen LogP) is 4.16. The van der Waals surface area contributed by atoms with E-state index in [9.17, 15) is 4.79 Å². The van der Waals surface area contributed by atoms with Crippen LogP contribution in [0.15, 0.2) is 60.9 Å². The second kappa shape index (κ2) is 10.6. The van der Waals surface area contributed by atoms with Crippen molar-refractivity contribution < 1.29 is 9.53 Å². The molecule has 0 aliphatic rings. The lowest BCUT2D eigenvalue weighted by Crippen LogP contribution is -2.28. The Morgan fingerprint density at radius 2 is 1.50 bits per heavy atom. The Kier molecular flexibility index (Phi) is 8.15. The van der Waals surface area contributed by atoms with Gasteiger partial charge in [0.25, 0.3) is 0 Å². The molecule has 10 nitrogen and oxygen atoms in total. The van der Waals surface area contributed by atoms with Gasteiger partial charge in [-0.15, -0.1) is 12.4 Å². The largest absolute Gasteiger partial charge is 0.443 e. The molecule has 2 heterocycles. The van der Waals surface area contributed by atoms with Crippen molar-refractivity contribution in [3.8, 4) is 22.5 Å². The average Bonchev–Trinajstić information content (AvgIpc) is 3.33. The van der Waals surface area contributed by atoms with E-state index in [0.717, 1.165) is 22.5 Å². The number of benzene rings is 2. The molecule has 11 heteroatoms. The zero-order chi connectivity index (χ0) is 24.2. The van der Waals surface area contributed by atoms with E-state index in [-0.39, 0.29) is 18.4 Å². The maximum Gasteiger partial charge on any atom is 0.421 e. The first kappa shape index (κ1) is 26.1. The van der Waals surface area contributed by atoms with E-state index in [0.29, 0.717) is 17.3 Å². The van der Waals surface area contributed by atoms with Gasteiger partial charge in [0.2, 0.25) is 5.95 Å². The third-order valence-corrected chi connectivity index (χ3v) is 4.34. The second-order valence-electron chi connectivity index (χ2n) is 8.25. The summed E-state index contributed by atoms with van der Waals surface area (Å²) in [6.07, 6.45) is 2.64. The zero-order valence-electron chi connectivity index (χ0n) is 19.1. The summed E-state index contributed by atoms with van der Waals surface area (Å²) in [5.74, 6) is 0.495. The molecular formula is C23H29ClN8O2. The molecule has 2 aromatic heterocycles. The van der Waals surface area contributed by atoms with Crippen molar-refractivity contribution in [2.75, 3.05) is 22.9 Å². The first-order valence-electron chi connectivity index (χ1n) is 10.1. The Balaban J connectivity index is 0.000000253. The van der Waals surface area contributed by atoms with Crippen LogP contribution in [0.2, 0.25) is 0 Å². The minimum atomic E-state index is -0.610. The number of aromatic amines is 1. The van der Waals surface area contributed by atoms with Gasteiger partial charge in [0.1, 0.15) is 5.60 Å². The summed E-state index contributed by atoms with van der Waals surface area (Å²) < 4.78 is 6.56. The van der Waals surface area contributed by atoms with Crippen LogP contribution in [0.4, 0.5) is 28.1 Å². The summed E-state index contributed by atoms with van der Waals surface area (Å²) in [4.78, 5) is 23.0. The first-order chi connectivity index (χ1) is 15.5. The van der Waals surface area contributed by atoms with Gasteiger partial charge in [0.15, 0.2) is 5.95 Å². The molecule has 0 fully saturated rings. The summed E-state index contributed by atoms with van der Waals surface area (Å²) in [6, 6.07) is 14.7. The second-order valence-corrected chi connectivity index (χ2v) is 8.25. The number of nitrogens with zero attached hydrogens (tertiary/aromatic N) is 3. The molecule has 0 saturated carbocycles. The number of nitrogens with two attached hydrogens (primary N) is 4. The number of carbonyl (C=O) groups excluding carboxylic acids is 1. The number of imidazole rings is 2. The lowest BCUT2D eigenvalue weighted by Gasteiger charge is -2.20. The molecule has 0 aliphatic carbocycles. The molecule has 4 rings (SSSR count). The number of H-pyrrole nitrogens is 1. The zero-order valence-corrected chi connectivity index (χ0v) is 20.0. The fraction of sp³-hybridized carbons (Fsp3) is 0.174. The number of nitrogens with one attached hydrogen (secondary N) is 1. The maximum atomic E-state index is 12.2. The van der Waals surface area contributed by atoms with Crippen LogP contribution in [-0.4, -0.2) is 31.2 Å². The minimum absolute atomic E-state index is 0. The van der Waals surface area contributed by atoms with E-state index in [4.69, 9.17) is 27.7 Å². The van der Waals surface area contributed by atoms with Gasteiger partial charge in [0.05, 0.1) is 23.8 Å². The minimum Gasteiger partial charge on any atom is -0.443 e. The monoisotopic (exact) mass is 484 g/mol. The van der Waals surface area contributed by atoms with Crippen LogP contribution in [-0.2, 0) is 4.74 Å². The van der Waals surface area contributed by atoms with Gasteiger partial charge in [-0.1, -0.05) is 24.3 Å².